The number of benzene rings is 2. The van der Waals surface area contributed by atoms with Gasteiger partial charge in [-0.25, -0.2) is 4.98 Å². The maximum absolute atomic E-state index is 5.76. The highest BCUT2D eigenvalue weighted by Gasteiger charge is 2.03. The van der Waals surface area contributed by atoms with Crippen LogP contribution in [-0.2, 0) is 19.9 Å². The predicted octanol–water partition coefficient (Wildman–Crippen LogP) is 3.18. The fourth-order valence-corrected chi connectivity index (χ4v) is 2.45. The van der Waals surface area contributed by atoms with Gasteiger partial charge >= 0.3 is 0 Å². The molecule has 3 rings (SSSR count). The Balaban J connectivity index is 1.69. The zero-order valence-corrected chi connectivity index (χ0v) is 12.2. The van der Waals surface area contributed by atoms with E-state index in [1.807, 2.05) is 23.9 Å². The molecule has 0 bridgehead atoms. The number of aryl methyl sites for hydroxylation is 1. The van der Waals surface area contributed by atoms with Crippen molar-refractivity contribution < 1.29 is 0 Å². The van der Waals surface area contributed by atoms with Gasteiger partial charge in [-0.05, 0) is 23.1 Å². The minimum Gasteiger partial charge on any atom is -0.369 e. The zero-order valence-electron chi connectivity index (χ0n) is 12.2. The second kappa shape index (κ2) is 5.83. The first-order valence-corrected chi connectivity index (χ1v) is 7.10. The van der Waals surface area contributed by atoms with E-state index in [-0.39, 0.29) is 0 Å². The number of anilines is 1. The van der Waals surface area contributed by atoms with Crippen molar-refractivity contribution >= 4 is 5.95 Å². The van der Waals surface area contributed by atoms with Crippen molar-refractivity contribution in [1.29, 1.82) is 0 Å². The molecule has 2 N–H and O–H groups in total. The fraction of sp³-hybridized carbons (Fsp3) is 0.167. The van der Waals surface area contributed by atoms with Gasteiger partial charge in [-0.3, -0.25) is 0 Å². The predicted molar refractivity (Wildman–Crippen MR) is 86.1 cm³/mol. The van der Waals surface area contributed by atoms with Crippen molar-refractivity contribution in [3.05, 3.63) is 83.2 Å². The molecule has 21 heavy (non-hydrogen) atoms. The van der Waals surface area contributed by atoms with Crippen LogP contribution in [0.5, 0.6) is 0 Å². The van der Waals surface area contributed by atoms with Crippen LogP contribution in [-0.4, -0.2) is 9.55 Å². The van der Waals surface area contributed by atoms with Gasteiger partial charge in [0.25, 0.3) is 0 Å². The molecule has 3 heteroatoms. The first kappa shape index (κ1) is 13.4. The molecule has 0 unspecified atom stereocenters. The maximum atomic E-state index is 5.76. The molecule has 0 aliphatic carbocycles. The Kier molecular flexibility index (Phi) is 3.73. The number of nitrogens with zero attached hydrogens (tertiary/aromatic N) is 2. The number of hydrogen-bond donors (Lipinski definition) is 1. The molecular formula is C18H19N3. The molecule has 2 aromatic carbocycles. The highest BCUT2D eigenvalue weighted by Crippen LogP contribution is 2.14. The second-order valence-corrected chi connectivity index (χ2v) is 5.36. The van der Waals surface area contributed by atoms with Crippen molar-refractivity contribution in [2.75, 3.05) is 5.73 Å². The van der Waals surface area contributed by atoms with Gasteiger partial charge in [-0.15, -0.1) is 0 Å². The van der Waals surface area contributed by atoms with Gasteiger partial charge in [0.1, 0.15) is 0 Å². The van der Waals surface area contributed by atoms with Gasteiger partial charge in [-0.1, -0.05) is 54.6 Å². The molecule has 0 fully saturated rings. The van der Waals surface area contributed by atoms with Crippen LogP contribution in [0.25, 0.3) is 0 Å². The SMILES string of the molecule is Cn1cc(Cc2ccc(Cc3ccccc3)cc2)nc1N. The van der Waals surface area contributed by atoms with E-state index in [0.717, 1.165) is 18.5 Å². The van der Waals surface area contributed by atoms with Gasteiger partial charge in [0.05, 0.1) is 5.69 Å². The summed E-state index contributed by atoms with van der Waals surface area (Å²) in [4.78, 5) is 4.34. The van der Waals surface area contributed by atoms with Crippen LogP contribution >= 0.6 is 0 Å². The molecule has 0 radical (unpaired) electrons. The molecule has 3 nitrogen and oxygen atoms in total. The molecule has 0 atom stereocenters. The summed E-state index contributed by atoms with van der Waals surface area (Å²) in [5.41, 5.74) is 10.7. The summed E-state index contributed by atoms with van der Waals surface area (Å²) in [6, 6.07) is 19.2. The maximum Gasteiger partial charge on any atom is 0.200 e. The van der Waals surface area contributed by atoms with Gasteiger partial charge < -0.3 is 10.3 Å². The summed E-state index contributed by atoms with van der Waals surface area (Å²) in [7, 11) is 1.91. The number of hydrogen-bond acceptors (Lipinski definition) is 2. The minimum atomic E-state index is 0.561. The Morgan fingerprint density at radius 3 is 2.00 bits per heavy atom. The van der Waals surface area contributed by atoms with E-state index in [1.54, 1.807) is 0 Å². The number of imidazole rings is 1. The van der Waals surface area contributed by atoms with E-state index in [2.05, 4.69) is 53.5 Å². The van der Waals surface area contributed by atoms with Gasteiger partial charge in [0.2, 0.25) is 0 Å². The Morgan fingerprint density at radius 1 is 0.857 bits per heavy atom. The van der Waals surface area contributed by atoms with Crippen LogP contribution in [0.15, 0.2) is 60.8 Å². The molecule has 0 amide bonds. The lowest BCUT2D eigenvalue weighted by Crippen LogP contribution is -1.94. The quantitative estimate of drug-likeness (QED) is 0.796. The molecule has 0 spiro atoms. The lowest BCUT2D eigenvalue weighted by molar-refractivity contribution is 0.928. The Bertz CT molecular complexity index is 692. The first-order chi connectivity index (χ1) is 10.2. The average molecular weight is 277 g/mol. The van der Waals surface area contributed by atoms with Crippen LogP contribution in [0.2, 0.25) is 0 Å². The summed E-state index contributed by atoms with van der Waals surface area (Å²) in [6.07, 6.45) is 3.77. The van der Waals surface area contributed by atoms with E-state index in [1.165, 1.54) is 16.7 Å². The van der Waals surface area contributed by atoms with Crippen LogP contribution in [0, 0.1) is 0 Å². The number of nitrogens with two attached hydrogens (primary N) is 1. The Morgan fingerprint density at radius 2 is 1.43 bits per heavy atom. The summed E-state index contributed by atoms with van der Waals surface area (Å²) < 4.78 is 1.85. The van der Waals surface area contributed by atoms with Crippen LogP contribution in [0.3, 0.4) is 0 Å². The minimum absolute atomic E-state index is 0.561. The number of aromatic nitrogens is 2. The number of nitrogen functional groups attached to an aromatic ring is 1. The van der Waals surface area contributed by atoms with Crippen molar-refractivity contribution in [3.8, 4) is 0 Å². The third-order valence-electron chi connectivity index (χ3n) is 3.62. The number of rotatable bonds is 4. The third kappa shape index (κ3) is 3.31. The lowest BCUT2D eigenvalue weighted by atomic mass is 10.0. The molecule has 0 saturated heterocycles. The van der Waals surface area contributed by atoms with E-state index < -0.39 is 0 Å². The van der Waals surface area contributed by atoms with Crippen LogP contribution in [0.4, 0.5) is 5.95 Å². The van der Waals surface area contributed by atoms with Crippen LogP contribution < -0.4 is 5.73 Å². The summed E-state index contributed by atoms with van der Waals surface area (Å²) in [6.45, 7) is 0. The van der Waals surface area contributed by atoms with Crippen LogP contribution in [0.1, 0.15) is 22.4 Å². The average Bonchev–Trinajstić information content (AvgIpc) is 2.80. The standard InChI is InChI=1S/C18H19N3/c1-21-13-17(20-18(21)19)12-16-9-7-15(8-10-16)11-14-5-3-2-4-6-14/h2-10,13H,11-12H2,1H3,(H2,19,20). The zero-order chi connectivity index (χ0) is 14.7. The van der Waals surface area contributed by atoms with Gasteiger partial charge in [-0.2, -0.15) is 0 Å². The molecule has 1 aromatic heterocycles. The van der Waals surface area contributed by atoms with Crippen molar-refractivity contribution in [3.63, 3.8) is 0 Å². The second-order valence-electron chi connectivity index (χ2n) is 5.36. The topological polar surface area (TPSA) is 43.8 Å². The van der Waals surface area contributed by atoms with Gasteiger partial charge in [0, 0.05) is 19.7 Å². The smallest absolute Gasteiger partial charge is 0.200 e. The molecule has 0 aliphatic rings. The lowest BCUT2D eigenvalue weighted by Gasteiger charge is -2.04. The van der Waals surface area contributed by atoms with E-state index in [9.17, 15) is 0 Å². The van der Waals surface area contributed by atoms with Crippen molar-refractivity contribution in [2.45, 2.75) is 12.8 Å². The molecule has 3 aromatic rings. The van der Waals surface area contributed by atoms with E-state index in [0.29, 0.717) is 5.95 Å². The summed E-state index contributed by atoms with van der Waals surface area (Å²) in [5.74, 6) is 0.561. The molecule has 0 aliphatic heterocycles. The normalized spacial score (nSPS) is 10.7. The van der Waals surface area contributed by atoms with E-state index in [4.69, 9.17) is 5.73 Å². The highest BCUT2D eigenvalue weighted by molar-refractivity contribution is 5.31. The van der Waals surface area contributed by atoms with Crippen molar-refractivity contribution in [2.24, 2.45) is 7.05 Å². The Labute approximate surface area is 125 Å². The third-order valence-corrected chi connectivity index (χ3v) is 3.62. The van der Waals surface area contributed by atoms with E-state index >= 15 is 0 Å². The summed E-state index contributed by atoms with van der Waals surface area (Å²) in [5, 5.41) is 0. The van der Waals surface area contributed by atoms with Crippen molar-refractivity contribution in [1.82, 2.24) is 9.55 Å². The Hall–Kier alpha value is -2.55. The molecular weight excluding hydrogens is 258 g/mol. The monoisotopic (exact) mass is 277 g/mol. The molecule has 0 saturated carbocycles. The largest absolute Gasteiger partial charge is 0.369 e. The molecule has 106 valence electrons. The first-order valence-electron chi connectivity index (χ1n) is 7.10. The van der Waals surface area contributed by atoms with Gasteiger partial charge in [0.15, 0.2) is 5.95 Å². The molecule has 1 heterocycles. The summed E-state index contributed by atoms with van der Waals surface area (Å²) >= 11 is 0. The highest BCUT2D eigenvalue weighted by atomic mass is 15.1. The fourth-order valence-electron chi connectivity index (χ4n) is 2.45.